The highest BCUT2D eigenvalue weighted by Gasteiger charge is 2.26. The zero-order chi connectivity index (χ0) is 18.1. The molecule has 1 aromatic carbocycles. The van der Waals surface area contributed by atoms with E-state index in [1.165, 1.54) is 0 Å². The Labute approximate surface area is 150 Å². The topological polar surface area (TPSA) is 58.6 Å². The predicted octanol–water partition coefficient (Wildman–Crippen LogP) is 3.00. The molecule has 0 saturated carbocycles. The molecule has 0 spiro atoms. The van der Waals surface area contributed by atoms with Gasteiger partial charge < -0.3 is 15.0 Å². The third-order valence-electron chi connectivity index (χ3n) is 4.85. The fraction of sp³-hybridized carbons (Fsp3) is 0.600. The molecule has 5 heteroatoms. The number of nitrogens with zero attached hydrogens (tertiary/aromatic N) is 1. The molecular weight excluding hydrogens is 316 g/mol. The minimum absolute atomic E-state index is 0.0145. The Hall–Kier alpha value is -2.04. The van der Waals surface area contributed by atoms with Crippen LogP contribution < -0.4 is 10.1 Å². The zero-order valence-electron chi connectivity index (χ0n) is 15.4. The lowest BCUT2D eigenvalue weighted by Gasteiger charge is -2.34. The van der Waals surface area contributed by atoms with Crippen LogP contribution in [0.3, 0.4) is 0 Å². The molecule has 2 amide bonds. The first-order chi connectivity index (χ1) is 12.1. The number of likely N-dealkylation sites (tertiary alicyclic amines) is 1. The van der Waals surface area contributed by atoms with Crippen molar-refractivity contribution in [2.24, 2.45) is 5.92 Å². The predicted molar refractivity (Wildman–Crippen MR) is 98.4 cm³/mol. The van der Waals surface area contributed by atoms with E-state index in [1.54, 1.807) is 0 Å². The van der Waals surface area contributed by atoms with E-state index >= 15 is 0 Å². The van der Waals surface area contributed by atoms with Crippen molar-refractivity contribution in [1.82, 2.24) is 10.2 Å². The number of carbonyl (C=O) groups is 2. The Kier molecular flexibility index (Phi) is 7.76. The molecule has 2 rings (SSSR count). The fourth-order valence-electron chi connectivity index (χ4n) is 3.22. The van der Waals surface area contributed by atoms with Gasteiger partial charge >= 0.3 is 0 Å². The van der Waals surface area contributed by atoms with Crippen molar-refractivity contribution in [2.45, 2.75) is 52.0 Å². The van der Waals surface area contributed by atoms with Crippen LogP contribution in [0.1, 0.15) is 46.0 Å². The smallest absolute Gasteiger partial charge is 0.225 e. The van der Waals surface area contributed by atoms with Crippen molar-refractivity contribution in [3.05, 3.63) is 30.3 Å². The number of hydrogen-bond acceptors (Lipinski definition) is 3. The van der Waals surface area contributed by atoms with E-state index in [9.17, 15) is 9.59 Å². The van der Waals surface area contributed by atoms with Crippen molar-refractivity contribution in [2.75, 3.05) is 19.7 Å². The molecule has 1 fully saturated rings. The highest BCUT2D eigenvalue weighted by molar-refractivity contribution is 5.79. The maximum Gasteiger partial charge on any atom is 0.225 e. The van der Waals surface area contributed by atoms with Gasteiger partial charge in [0.2, 0.25) is 11.8 Å². The number of amides is 2. The van der Waals surface area contributed by atoms with Gasteiger partial charge in [0.05, 0.1) is 13.0 Å². The molecule has 0 aliphatic carbocycles. The molecule has 1 N–H and O–H groups in total. The van der Waals surface area contributed by atoms with Crippen LogP contribution in [0.4, 0.5) is 0 Å². The van der Waals surface area contributed by atoms with Gasteiger partial charge in [0.1, 0.15) is 5.75 Å². The number of carbonyl (C=O) groups excluding carboxylic acids is 2. The number of benzene rings is 1. The summed E-state index contributed by atoms with van der Waals surface area (Å²) < 4.78 is 5.55. The molecule has 5 nitrogen and oxygen atoms in total. The minimum Gasteiger partial charge on any atom is -0.493 e. The van der Waals surface area contributed by atoms with Gasteiger partial charge in [0.25, 0.3) is 0 Å². The molecule has 1 aliphatic heterocycles. The van der Waals surface area contributed by atoms with Gasteiger partial charge in [-0.1, -0.05) is 32.0 Å². The lowest BCUT2D eigenvalue weighted by atomic mass is 9.98. The molecule has 25 heavy (non-hydrogen) atoms. The second-order valence-corrected chi connectivity index (χ2v) is 6.59. The second-order valence-electron chi connectivity index (χ2n) is 6.59. The van der Waals surface area contributed by atoms with Crippen LogP contribution in [0.15, 0.2) is 30.3 Å². The molecule has 1 aromatic rings. The maximum absolute atomic E-state index is 12.4. The van der Waals surface area contributed by atoms with Gasteiger partial charge in [-0.3, -0.25) is 9.59 Å². The van der Waals surface area contributed by atoms with Crippen LogP contribution >= 0.6 is 0 Å². The molecule has 0 radical (unpaired) electrons. The molecular formula is C20H30N2O3. The largest absolute Gasteiger partial charge is 0.493 e. The summed E-state index contributed by atoms with van der Waals surface area (Å²) in [5.41, 5.74) is 0. The monoisotopic (exact) mass is 346 g/mol. The first-order valence-electron chi connectivity index (χ1n) is 9.40. The Morgan fingerprint density at radius 1 is 1.16 bits per heavy atom. The van der Waals surface area contributed by atoms with Crippen LogP contribution in [-0.4, -0.2) is 42.5 Å². The van der Waals surface area contributed by atoms with E-state index in [4.69, 9.17) is 4.74 Å². The van der Waals surface area contributed by atoms with Crippen LogP contribution in [0.25, 0.3) is 0 Å². The molecule has 1 heterocycles. The SMILES string of the molecule is CCC(CC)C(=O)N1CCC(NC(=O)CCOc2ccccc2)CC1. The van der Waals surface area contributed by atoms with E-state index < -0.39 is 0 Å². The van der Waals surface area contributed by atoms with E-state index in [2.05, 4.69) is 19.2 Å². The summed E-state index contributed by atoms with van der Waals surface area (Å²) in [5, 5.41) is 3.06. The second kappa shape index (κ2) is 10.1. The minimum atomic E-state index is 0.0145. The molecule has 0 bridgehead atoms. The lowest BCUT2D eigenvalue weighted by molar-refractivity contribution is -0.137. The van der Waals surface area contributed by atoms with Crippen molar-refractivity contribution in [3.63, 3.8) is 0 Å². The van der Waals surface area contributed by atoms with Gasteiger partial charge in [-0.2, -0.15) is 0 Å². The summed E-state index contributed by atoms with van der Waals surface area (Å²) in [5.74, 6) is 1.21. The standard InChI is InChI=1S/C20H30N2O3/c1-3-16(4-2)20(24)22-13-10-17(11-14-22)21-19(23)12-15-25-18-8-6-5-7-9-18/h5-9,16-17H,3-4,10-15H2,1-2H3,(H,21,23). The van der Waals surface area contributed by atoms with Crippen LogP contribution in [0.2, 0.25) is 0 Å². The number of nitrogens with one attached hydrogen (secondary N) is 1. The molecule has 1 aliphatic rings. The number of piperidine rings is 1. The van der Waals surface area contributed by atoms with E-state index in [-0.39, 0.29) is 23.8 Å². The molecule has 0 aromatic heterocycles. The fourth-order valence-corrected chi connectivity index (χ4v) is 3.22. The quantitative estimate of drug-likeness (QED) is 0.787. The molecule has 1 saturated heterocycles. The van der Waals surface area contributed by atoms with E-state index in [0.717, 1.165) is 44.5 Å². The third-order valence-corrected chi connectivity index (χ3v) is 4.85. The summed E-state index contributed by atoms with van der Waals surface area (Å²) >= 11 is 0. The first kappa shape index (κ1) is 19.3. The molecule has 138 valence electrons. The van der Waals surface area contributed by atoms with Crippen LogP contribution in [0, 0.1) is 5.92 Å². The van der Waals surface area contributed by atoms with E-state index in [1.807, 2.05) is 35.2 Å². The Morgan fingerprint density at radius 2 is 1.80 bits per heavy atom. The van der Waals surface area contributed by atoms with Crippen molar-refractivity contribution in [1.29, 1.82) is 0 Å². The van der Waals surface area contributed by atoms with Crippen molar-refractivity contribution in [3.8, 4) is 5.75 Å². The summed E-state index contributed by atoms with van der Waals surface area (Å²) in [4.78, 5) is 26.4. The highest BCUT2D eigenvalue weighted by Crippen LogP contribution is 2.17. The van der Waals surface area contributed by atoms with Crippen LogP contribution in [0.5, 0.6) is 5.75 Å². The maximum atomic E-state index is 12.4. The average Bonchev–Trinajstić information content (AvgIpc) is 2.64. The van der Waals surface area contributed by atoms with Crippen molar-refractivity contribution < 1.29 is 14.3 Å². The van der Waals surface area contributed by atoms with Crippen LogP contribution in [-0.2, 0) is 9.59 Å². The Bertz CT molecular complexity index is 535. The normalized spacial score (nSPS) is 15.2. The summed E-state index contributed by atoms with van der Waals surface area (Å²) in [6, 6.07) is 9.67. The number of rotatable bonds is 8. The van der Waals surface area contributed by atoms with Gasteiger partial charge in [-0.05, 0) is 37.8 Å². The highest BCUT2D eigenvalue weighted by atomic mass is 16.5. The Morgan fingerprint density at radius 3 is 2.40 bits per heavy atom. The van der Waals surface area contributed by atoms with Gasteiger partial charge in [-0.25, -0.2) is 0 Å². The van der Waals surface area contributed by atoms with Gasteiger partial charge in [0, 0.05) is 25.0 Å². The number of para-hydroxylation sites is 1. The lowest BCUT2D eigenvalue weighted by Crippen LogP contribution is -2.48. The average molecular weight is 346 g/mol. The van der Waals surface area contributed by atoms with Gasteiger partial charge in [-0.15, -0.1) is 0 Å². The number of hydrogen-bond donors (Lipinski definition) is 1. The zero-order valence-corrected chi connectivity index (χ0v) is 15.4. The summed E-state index contributed by atoms with van der Waals surface area (Å²) in [6.45, 7) is 5.98. The number of ether oxygens (including phenoxy) is 1. The molecule has 0 atom stereocenters. The first-order valence-corrected chi connectivity index (χ1v) is 9.40. The van der Waals surface area contributed by atoms with Gasteiger partial charge in [0.15, 0.2) is 0 Å². The third kappa shape index (κ3) is 6.07. The van der Waals surface area contributed by atoms with E-state index in [0.29, 0.717) is 13.0 Å². The summed E-state index contributed by atoms with van der Waals surface area (Å²) in [7, 11) is 0. The summed E-state index contributed by atoms with van der Waals surface area (Å²) in [6.07, 6.45) is 3.80. The Balaban J connectivity index is 1.65. The molecule has 0 unspecified atom stereocenters. The van der Waals surface area contributed by atoms with Crippen molar-refractivity contribution >= 4 is 11.8 Å².